The number of nitrogen functional groups attached to an aromatic ring is 1. The maximum Gasteiger partial charge on any atom is 0.253 e. The summed E-state index contributed by atoms with van der Waals surface area (Å²) >= 11 is 1.72. The molecular weight excluding hydrogens is 256 g/mol. The minimum absolute atomic E-state index is 0.107. The molecule has 0 radical (unpaired) electrons. The maximum absolute atomic E-state index is 12.1. The number of anilines is 1. The Bertz CT molecular complexity index is 598. The third kappa shape index (κ3) is 3.20. The van der Waals surface area contributed by atoms with E-state index in [1.165, 1.54) is 0 Å². The molecule has 0 heterocycles. The number of amides is 1. The van der Waals surface area contributed by atoms with Gasteiger partial charge in [0.15, 0.2) is 0 Å². The molecule has 4 heteroatoms. The second kappa shape index (κ2) is 5.97. The van der Waals surface area contributed by atoms with Crippen LogP contribution in [-0.4, -0.2) is 24.0 Å². The smallest absolute Gasteiger partial charge is 0.253 e. The molecule has 3 N–H and O–H groups in total. The quantitative estimate of drug-likeness (QED) is 0.843. The Morgan fingerprint density at radius 3 is 2.58 bits per heavy atom. The lowest BCUT2D eigenvalue weighted by atomic mass is 10.0. The van der Waals surface area contributed by atoms with E-state index in [-0.39, 0.29) is 5.91 Å². The Hall–Kier alpha value is -1.68. The van der Waals surface area contributed by atoms with Gasteiger partial charge in [0.1, 0.15) is 0 Å². The second-order valence-corrected chi connectivity index (χ2v) is 5.82. The van der Waals surface area contributed by atoms with Crippen molar-refractivity contribution in [2.24, 2.45) is 0 Å². The number of nitrogens with two attached hydrogens (primary N) is 1. The largest absolute Gasteiger partial charge is 0.398 e. The van der Waals surface area contributed by atoms with Gasteiger partial charge in [0.2, 0.25) is 0 Å². The molecule has 0 aliphatic heterocycles. The molecule has 100 valence electrons. The summed E-state index contributed by atoms with van der Waals surface area (Å²) in [6.07, 6.45) is 2.03. The fraction of sp³-hybridized carbons (Fsp3) is 0.267. The Morgan fingerprint density at radius 2 is 1.95 bits per heavy atom. The molecule has 0 aliphatic rings. The van der Waals surface area contributed by atoms with Crippen LogP contribution in [0.2, 0.25) is 0 Å². The Balaban J connectivity index is 2.24. The van der Waals surface area contributed by atoms with Crippen molar-refractivity contribution in [3.8, 4) is 0 Å². The van der Waals surface area contributed by atoms with E-state index in [2.05, 4.69) is 12.2 Å². The molecule has 1 amide bonds. The van der Waals surface area contributed by atoms with E-state index in [4.69, 9.17) is 5.73 Å². The van der Waals surface area contributed by atoms with Crippen LogP contribution in [0.5, 0.6) is 0 Å². The molecule has 0 aliphatic carbocycles. The van der Waals surface area contributed by atoms with Crippen LogP contribution >= 0.6 is 11.8 Å². The van der Waals surface area contributed by atoms with E-state index in [1.807, 2.05) is 42.7 Å². The summed E-state index contributed by atoms with van der Waals surface area (Å²) in [5.74, 6) is -0.107. The van der Waals surface area contributed by atoms with E-state index in [1.54, 1.807) is 11.8 Å². The first kappa shape index (κ1) is 13.7. The molecule has 1 unspecified atom stereocenters. The molecule has 19 heavy (non-hydrogen) atoms. The zero-order valence-electron chi connectivity index (χ0n) is 11.1. The highest BCUT2D eigenvalue weighted by Gasteiger charge is 2.11. The van der Waals surface area contributed by atoms with E-state index in [9.17, 15) is 4.79 Å². The summed E-state index contributed by atoms with van der Waals surface area (Å²) in [6.45, 7) is 2.72. The van der Waals surface area contributed by atoms with Gasteiger partial charge in [-0.1, -0.05) is 31.2 Å². The number of hydrogen-bond acceptors (Lipinski definition) is 3. The van der Waals surface area contributed by atoms with Gasteiger partial charge in [-0.25, -0.2) is 0 Å². The lowest BCUT2D eigenvalue weighted by Gasteiger charge is -2.12. The van der Waals surface area contributed by atoms with Crippen LogP contribution in [0.25, 0.3) is 10.8 Å². The molecule has 0 bridgehead atoms. The van der Waals surface area contributed by atoms with Gasteiger partial charge in [-0.15, -0.1) is 0 Å². The molecule has 0 spiro atoms. The Kier molecular flexibility index (Phi) is 4.32. The van der Waals surface area contributed by atoms with Crippen LogP contribution in [0.3, 0.4) is 0 Å². The predicted octanol–water partition coefficient (Wildman–Crippen LogP) is 2.90. The number of benzene rings is 2. The highest BCUT2D eigenvalue weighted by atomic mass is 32.2. The van der Waals surface area contributed by atoms with Crippen LogP contribution in [-0.2, 0) is 0 Å². The van der Waals surface area contributed by atoms with Crippen LogP contribution in [0, 0.1) is 0 Å². The van der Waals surface area contributed by atoms with Crippen molar-refractivity contribution in [1.82, 2.24) is 5.32 Å². The van der Waals surface area contributed by atoms with Crippen LogP contribution in [0.4, 0.5) is 5.69 Å². The summed E-state index contributed by atoms with van der Waals surface area (Å²) in [5.41, 5.74) is 7.03. The van der Waals surface area contributed by atoms with Crippen molar-refractivity contribution in [2.45, 2.75) is 12.2 Å². The number of hydrogen-bond donors (Lipinski definition) is 2. The molecule has 0 aromatic heterocycles. The third-order valence-corrected chi connectivity index (χ3v) is 4.09. The number of rotatable bonds is 4. The maximum atomic E-state index is 12.1. The van der Waals surface area contributed by atoms with E-state index >= 15 is 0 Å². The van der Waals surface area contributed by atoms with Crippen molar-refractivity contribution in [3.05, 3.63) is 42.0 Å². The first-order chi connectivity index (χ1) is 9.11. The highest BCUT2D eigenvalue weighted by molar-refractivity contribution is 7.99. The van der Waals surface area contributed by atoms with Crippen molar-refractivity contribution < 1.29 is 4.79 Å². The second-order valence-electron chi connectivity index (χ2n) is 4.54. The number of fused-ring (bicyclic) bond motifs is 1. The molecular formula is C15H18N2OS. The number of carbonyl (C=O) groups is 1. The van der Waals surface area contributed by atoms with Crippen LogP contribution in [0.1, 0.15) is 17.3 Å². The SMILES string of the molecule is CSC(C)CNC(=O)c1cc2ccccc2cc1N. The topological polar surface area (TPSA) is 55.1 Å². The molecule has 2 aromatic carbocycles. The summed E-state index contributed by atoms with van der Waals surface area (Å²) in [4.78, 5) is 12.1. The predicted molar refractivity (Wildman–Crippen MR) is 83.7 cm³/mol. The number of nitrogens with one attached hydrogen (secondary N) is 1. The van der Waals surface area contributed by atoms with Crippen LogP contribution < -0.4 is 11.1 Å². The standard InChI is InChI=1S/C15H18N2OS/c1-10(19-2)9-17-15(18)13-7-11-5-3-4-6-12(11)8-14(13)16/h3-8,10H,9,16H2,1-2H3,(H,17,18). The Labute approximate surface area is 117 Å². The third-order valence-electron chi connectivity index (χ3n) is 3.11. The zero-order chi connectivity index (χ0) is 13.8. The van der Waals surface area contributed by atoms with Gasteiger partial charge in [0.25, 0.3) is 5.91 Å². The summed E-state index contributed by atoms with van der Waals surface area (Å²) in [5, 5.41) is 5.39. The Morgan fingerprint density at radius 1 is 1.32 bits per heavy atom. The van der Waals surface area contributed by atoms with E-state index < -0.39 is 0 Å². The first-order valence-corrected chi connectivity index (χ1v) is 7.50. The lowest BCUT2D eigenvalue weighted by molar-refractivity contribution is 0.0955. The summed E-state index contributed by atoms with van der Waals surface area (Å²) < 4.78 is 0. The summed E-state index contributed by atoms with van der Waals surface area (Å²) in [7, 11) is 0. The van der Waals surface area contributed by atoms with Crippen molar-refractivity contribution in [1.29, 1.82) is 0 Å². The normalized spacial score (nSPS) is 12.3. The van der Waals surface area contributed by atoms with Gasteiger partial charge in [0.05, 0.1) is 5.56 Å². The molecule has 2 rings (SSSR count). The number of thioether (sulfide) groups is 1. The minimum atomic E-state index is -0.107. The van der Waals surface area contributed by atoms with Crippen molar-refractivity contribution >= 4 is 34.1 Å². The fourth-order valence-electron chi connectivity index (χ4n) is 1.87. The fourth-order valence-corrected chi connectivity index (χ4v) is 2.12. The average molecular weight is 274 g/mol. The van der Waals surface area contributed by atoms with Gasteiger partial charge < -0.3 is 11.1 Å². The first-order valence-electron chi connectivity index (χ1n) is 6.21. The molecule has 0 saturated carbocycles. The van der Waals surface area contributed by atoms with Crippen molar-refractivity contribution in [2.75, 3.05) is 18.5 Å². The highest BCUT2D eigenvalue weighted by Crippen LogP contribution is 2.21. The van der Waals surface area contributed by atoms with Crippen molar-refractivity contribution in [3.63, 3.8) is 0 Å². The van der Waals surface area contributed by atoms with E-state index in [0.717, 1.165) is 10.8 Å². The molecule has 0 saturated heterocycles. The summed E-state index contributed by atoms with van der Waals surface area (Å²) in [6, 6.07) is 11.6. The van der Waals surface area contributed by atoms with Gasteiger partial charge in [0, 0.05) is 17.5 Å². The van der Waals surface area contributed by atoms with Gasteiger partial charge in [-0.2, -0.15) is 11.8 Å². The monoisotopic (exact) mass is 274 g/mol. The molecule has 3 nitrogen and oxygen atoms in total. The van der Waals surface area contributed by atoms with Gasteiger partial charge in [-0.3, -0.25) is 4.79 Å². The van der Waals surface area contributed by atoms with Crippen LogP contribution in [0.15, 0.2) is 36.4 Å². The van der Waals surface area contributed by atoms with Gasteiger partial charge in [-0.05, 0) is 29.2 Å². The average Bonchev–Trinajstić information content (AvgIpc) is 2.43. The molecule has 2 aromatic rings. The van der Waals surface area contributed by atoms with E-state index in [0.29, 0.717) is 23.0 Å². The van der Waals surface area contributed by atoms with Gasteiger partial charge >= 0.3 is 0 Å². The minimum Gasteiger partial charge on any atom is -0.398 e. The number of carbonyl (C=O) groups excluding carboxylic acids is 1. The lowest BCUT2D eigenvalue weighted by Crippen LogP contribution is -2.29. The molecule has 1 atom stereocenters. The zero-order valence-corrected chi connectivity index (χ0v) is 12.0. The molecule has 0 fully saturated rings.